The second-order valence-corrected chi connectivity index (χ2v) is 6.10. The summed E-state index contributed by atoms with van der Waals surface area (Å²) in [5.41, 5.74) is 4.29. The van der Waals surface area contributed by atoms with Gasteiger partial charge in [-0.3, -0.25) is 0 Å². The summed E-state index contributed by atoms with van der Waals surface area (Å²) in [6.45, 7) is 10.4. The molecule has 6 heteroatoms. The van der Waals surface area contributed by atoms with Gasteiger partial charge in [-0.05, 0) is 55.5 Å². The Balaban J connectivity index is 1.73. The number of nitriles is 1. The number of hydrogen-bond donors (Lipinski definition) is 4. The van der Waals surface area contributed by atoms with Crippen molar-refractivity contribution in [2.24, 2.45) is 0 Å². The van der Waals surface area contributed by atoms with Gasteiger partial charge < -0.3 is 21.3 Å². The van der Waals surface area contributed by atoms with Crippen LogP contribution in [-0.2, 0) is 0 Å². The highest BCUT2D eigenvalue weighted by Gasteiger charge is 2.01. The Morgan fingerprint density at radius 1 is 1.00 bits per heavy atom. The summed E-state index contributed by atoms with van der Waals surface area (Å²) in [6.07, 6.45) is 0. The average molecular weight is 363 g/mol. The molecule has 0 radical (unpaired) electrons. The zero-order valence-corrected chi connectivity index (χ0v) is 15.4. The van der Waals surface area contributed by atoms with E-state index in [4.69, 9.17) is 17.5 Å². The molecule has 26 heavy (non-hydrogen) atoms. The molecule has 2 aromatic rings. The largest absolute Gasteiger partial charge is 0.357 e. The van der Waals surface area contributed by atoms with Crippen LogP contribution in [0, 0.1) is 18.3 Å². The van der Waals surface area contributed by atoms with Crippen molar-refractivity contribution in [1.29, 1.82) is 5.26 Å². The van der Waals surface area contributed by atoms with Gasteiger partial charge in [0.05, 0.1) is 24.0 Å². The minimum Gasteiger partial charge on any atom is -0.357 e. The molecule has 0 spiro atoms. The van der Waals surface area contributed by atoms with Crippen molar-refractivity contribution in [3.05, 3.63) is 84.3 Å². The van der Waals surface area contributed by atoms with Crippen molar-refractivity contribution in [3.63, 3.8) is 0 Å². The van der Waals surface area contributed by atoms with E-state index in [1.165, 1.54) is 5.56 Å². The number of aryl methyl sites for hydroxylation is 1. The summed E-state index contributed by atoms with van der Waals surface area (Å²) in [5, 5.41) is 21.6. The quantitative estimate of drug-likeness (QED) is 0.560. The molecule has 0 bridgehead atoms. The molecule has 0 aliphatic carbocycles. The Kier molecular flexibility index (Phi) is 6.77. The van der Waals surface area contributed by atoms with Crippen molar-refractivity contribution in [2.45, 2.75) is 6.92 Å². The van der Waals surface area contributed by atoms with E-state index < -0.39 is 0 Å². The van der Waals surface area contributed by atoms with E-state index in [0.29, 0.717) is 23.0 Å². The van der Waals surface area contributed by atoms with Crippen LogP contribution in [0.25, 0.3) is 0 Å². The smallest absolute Gasteiger partial charge is 0.171 e. The monoisotopic (exact) mass is 363 g/mol. The Hall–Kier alpha value is -3.30. The third-order valence-corrected chi connectivity index (χ3v) is 3.66. The van der Waals surface area contributed by atoms with Gasteiger partial charge in [-0.1, -0.05) is 30.9 Å². The third kappa shape index (κ3) is 6.30. The zero-order valence-electron chi connectivity index (χ0n) is 14.6. The predicted molar refractivity (Wildman–Crippen MR) is 112 cm³/mol. The number of hydrogen-bond acceptors (Lipinski definition) is 4. The van der Waals surface area contributed by atoms with Crippen LogP contribution in [-0.4, -0.2) is 11.7 Å². The van der Waals surface area contributed by atoms with E-state index in [9.17, 15) is 0 Å². The zero-order chi connectivity index (χ0) is 18.9. The maximum absolute atomic E-state index is 8.80. The van der Waals surface area contributed by atoms with Crippen LogP contribution in [0.3, 0.4) is 0 Å². The highest BCUT2D eigenvalue weighted by molar-refractivity contribution is 7.80. The minimum absolute atomic E-state index is 0.441. The molecule has 4 N–H and O–H groups in total. The first-order chi connectivity index (χ1) is 12.5. The van der Waals surface area contributed by atoms with Crippen molar-refractivity contribution in [3.8, 4) is 6.07 Å². The van der Waals surface area contributed by atoms with E-state index in [2.05, 4.69) is 40.5 Å². The van der Waals surface area contributed by atoms with E-state index in [1.54, 1.807) is 24.3 Å². The molecule has 0 unspecified atom stereocenters. The van der Waals surface area contributed by atoms with E-state index in [-0.39, 0.29) is 0 Å². The molecule has 0 heterocycles. The second kappa shape index (κ2) is 9.25. The first-order valence-electron chi connectivity index (χ1n) is 7.98. The Morgan fingerprint density at radius 3 is 2.19 bits per heavy atom. The topological polar surface area (TPSA) is 71.9 Å². The Labute approximate surface area is 159 Å². The summed E-state index contributed by atoms with van der Waals surface area (Å²) in [4.78, 5) is 0. The molecule has 0 saturated carbocycles. The number of thiocarbonyl (C=S) groups is 1. The number of rotatable bonds is 7. The fourth-order valence-corrected chi connectivity index (χ4v) is 2.28. The highest BCUT2D eigenvalue weighted by Crippen LogP contribution is 2.10. The average Bonchev–Trinajstić information content (AvgIpc) is 2.62. The lowest BCUT2D eigenvalue weighted by atomic mass is 10.2. The molecule has 0 fully saturated rings. The molecule has 0 atom stereocenters. The number of anilines is 2. The number of nitrogens with zero attached hydrogens (tertiary/aromatic N) is 1. The predicted octanol–water partition coefficient (Wildman–Crippen LogP) is 3.84. The normalized spacial score (nSPS) is 9.54. The van der Waals surface area contributed by atoms with Crippen LogP contribution < -0.4 is 21.3 Å². The fraction of sp³-hybridized carbons (Fsp3) is 0.100. The SMILES string of the molecule is C=C(CNC(=S)Nc1ccc(C#N)cc1)NC(=C)Nc1ccc(C)cc1. The van der Waals surface area contributed by atoms with Gasteiger partial charge in [-0.25, -0.2) is 0 Å². The van der Waals surface area contributed by atoms with Gasteiger partial charge in [0.25, 0.3) is 0 Å². The van der Waals surface area contributed by atoms with Crippen molar-refractivity contribution in [2.75, 3.05) is 17.2 Å². The van der Waals surface area contributed by atoms with Crippen LogP contribution in [0.5, 0.6) is 0 Å². The molecule has 0 aromatic heterocycles. The molecular formula is C20H21N5S. The standard InChI is InChI=1S/C20H21N5S/c1-14-4-8-18(9-5-14)24-16(3)23-15(2)13-22-20(26)25-19-10-6-17(12-21)7-11-19/h4-11,23-24H,2-3,13H2,1H3,(H2,22,25,26). The van der Waals surface area contributed by atoms with E-state index in [1.807, 2.05) is 31.2 Å². The molecule has 0 aliphatic heterocycles. The summed E-state index contributed by atoms with van der Waals surface area (Å²) in [7, 11) is 0. The molecule has 0 amide bonds. The summed E-state index contributed by atoms with van der Waals surface area (Å²) >= 11 is 5.25. The van der Waals surface area contributed by atoms with Gasteiger partial charge in [0.15, 0.2) is 5.11 Å². The Bertz CT molecular complexity index is 832. The van der Waals surface area contributed by atoms with Gasteiger partial charge in [-0.15, -0.1) is 0 Å². The third-order valence-electron chi connectivity index (χ3n) is 3.41. The van der Waals surface area contributed by atoms with Gasteiger partial charge in [0, 0.05) is 17.1 Å². The number of nitrogens with one attached hydrogen (secondary N) is 4. The Morgan fingerprint density at radius 2 is 1.58 bits per heavy atom. The molecule has 2 rings (SSSR count). The molecule has 132 valence electrons. The first kappa shape index (κ1) is 19.0. The van der Waals surface area contributed by atoms with Gasteiger partial charge in [0.2, 0.25) is 0 Å². The maximum Gasteiger partial charge on any atom is 0.171 e. The summed E-state index contributed by atoms with van der Waals surface area (Å²) in [6, 6.07) is 17.2. The van der Waals surface area contributed by atoms with Crippen molar-refractivity contribution in [1.82, 2.24) is 10.6 Å². The summed E-state index contributed by atoms with van der Waals surface area (Å²) in [5.74, 6) is 0.631. The minimum atomic E-state index is 0.441. The van der Waals surface area contributed by atoms with Crippen LogP contribution in [0.15, 0.2) is 73.2 Å². The summed E-state index contributed by atoms with van der Waals surface area (Å²) < 4.78 is 0. The molecule has 0 aliphatic rings. The molecule has 2 aromatic carbocycles. The maximum atomic E-state index is 8.80. The molecule has 0 saturated heterocycles. The van der Waals surface area contributed by atoms with Gasteiger partial charge in [-0.2, -0.15) is 5.26 Å². The fourth-order valence-electron chi connectivity index (χ4n) is 2.09. The van der Waals surface area contributed by atoms with Crippen LogP contribution >= 0.6 is 12.2 Å². The molecule has 5 nitrogen and oxygen atoms in total. The second-order valence-electron chi connectivity index (χ2n) is 5.69. The lowest BCUT2D eigenvalue weighted by Crippen LogP contribution is -2.33. The highest BCUT2D eigenvalue weighted by atomic mass is 32.1. The first-order valence-corrected chi connectivity index (χ1v) is 8.39. The van der Waals surface area contributed by atoms with Crippen molar-refractivity contribution < 1.29 is 0 Å². The van der Waals surface area contributed by atoms with E-state index >= 15 is 0 Å². The van der Waals surface area contributed by atoms with E-state index in [0.717, 1.165) is 17.1 Å². The number of benzene rings is 2. The van der Waals surface area contributed by atoms with Crippen LogP contribution in [0.1, 0.15) is 11.1 Å². The lowest BCUT2D eigenvalue weighted by Gasteiger charge is -2.16. The van der Waals surface area contributed by atoms with Crippen LogP contribution in [0.2, 0.25) is 0 Å². The molecular weight excluding hydrogens is 342 g/mol. The van der Waals surface area contributed by atoms with Crippen molar-refractivity contribution >= 4 is 28.7 Å². The van der Waals surface area contributed by atoms with Crippen LogP contribution in [0.4, 0.5) is 11.4 Å². The van der Waals surface area contributed by atoms with Gasteiger partial charge in [0.1, 0.15) is 0 Å². The van der Waals surface area contributed by atoms with Gasteiger partial charge >= 0.3 is 0 Å². The lowest BCUT2D eigenvalue weighted by molar-refractivity contribution is 0.878.